The molecule has 0 unspecified atom stereocenters. The minimum Gasteiger partial charge on any atom is -0.462 e. The quantitative estimate of drug-likeness (QED) is 0.0474. The second-order valence-electron chi connectivity index (χ2n) is 9.59. The van der Waals surface area contributed by atoms with E-state index >= 15 is 0 Å². The van der Waals surface area contributed by atoms with Crippen LogP contribution in [0.3, 0.4) is 0 Å². The van der Waals surface area contributed by atoms with Crippen molar-refractivity contribution in [1.29, 1.82) is 0 Å². The molecule has 0 radical (unpaired) electrons. The van der Waals surface area contributed by atoms with Crippen molar-refractivity contribution < 1.29 is 28.6 Å². The summed E-state index contributed by atoms with van der Waals surface area (Å²) in [6, 6.07) is 0. The molecule has 0 fully saturated rings. The SMILES string of the molecule is C/C=C(\C)C(=O)OC[C@H](COC(=O)CCCCCCC/C=C\CCCCCCCC)OC(=O)/C(C)=C/C. The van der Waals surface area contributed by atoms with Gasteiger partial charge < -0.3 is 14.2 Å². The minimum atomic E-state index is -0.853. The van der Waals surface area contributed by atoms with Gasteiger partial charge in [-0.1, -0.05) is 82.6 Å². The van der Waals surface area contributed by atoms with Crippen molar-refractivity contribution >= 4 is 17.9 Å². The van der Waals surface area contributed by atoms with Crippen LogP contribution < -0.4 is 0 Å². The summed E-state index contributed by atoms with van der Waals surface area (Å²) in [6.07, 6.45) is 22.9. The number of rotatable bonds is 22. The lowest BCUT2D eigenvalue weighted by Crippen LogP contribution is -2.31. The molecule has 212 valence electrons. The maximum Gasteiger partial charge on any atom is 0.333 e. The van der Waals surface area contributed by atoms with Crippen molar-refractivity contribution in [1.82, 2.24) is 0 Å². The van der Waals surface area contributed by atoms with Crippen LogP contribution in [0.5, 0.6) is 0 Å². The Morgan fingerprint density at radius 2 is 1.14 bits per heavy atom. The van der Waals surface area contributed by atoms with Crippen LogP contribution in [0.15, 0.2) is 35.5 Å². The van der Waals surface area contributed by atoms with E-state index < -0.39 is 18.0 Å². The third kappa shape index (κ3) is 20.4. The van der Waals surface area contributed by atoms with E-state index in [0.29, 0.717) is 17.6 Å². The first-order chi connectivity index (χ1) is 17.8. The number of hydrogen-bond acceptors (Lipinski definition) is 6. The van der Waals surface area contributed by atoms with Crippen molar-refractivity contribution in [3.05, 3.63) is 35.5 Å². The molecule has 0 amide bonds. The summed E-state index contributed by atoms with van der Waals surface area (Å²) in [4.78, 5) is 36.2. The molecule has 0 spiro atoms. The van der Waals surface area contributed by atoms with Gasteiger partial charge in [0.2, 0.25) is 0 Å². The van der Waals surface area contributed by atoms with Crippen molar-refractivity contribution in [3.8, 4) is 0 Å². The lowest BCUT2D eigenvalue weighted by Gasteiger charge is -2.18. The van der Waals surface area contributed by atoms with Gasteiger partial charge in [0, 0.05) is 17.6 Å². The molecule has 6 heteroatoms. The van der Waals surface area contributed by atoms with E-state index in [4.69, 9.17) is 14.2 Å². The summed E-state index contributed by atoms with van der Waals surface area (Å²) in [6.45, 7) is 8.67. The predicted molar refractivity (Wildman–Crippen MR) is 150 cm³/mol. The average Bonchev–Trinajstić information content (AvgIpc) is 2.90. The zero-order valence-corrected chi connectivity index (χ0v) is 24.1. The Bertz CT molecular complexity index is 719. The van der Waals surface area contributed by atoms with E-state index in [2.05, 4.69) is 19.1 Å². The second kappa shape index (κ2) is 24.0. The normalized spacial score (nSPS) is 13.0. The molecule has 0 saturated carbocycles. The Morgan fingerprint density at radius 1 is 0.649 bits per heavy atom. The molecule has 1 atom stereocenters. The van der Waals surface area contributed by atoms with E-state index in [1.165, 1.54) is 51.4 Å². The van der Waals surface area contributed by atoms with Crippen LogP contribution in [-0.4, -0.2) is 37.2 Å². The summed E-state index contributed by atoms with van der Waals surface area (Å²) in [5, 5.41) is 0. The van der Waals surface area contributed by atoms with Crippen LogP contribution in [0.1, 0.15) is 125 Å². The Morgan fingerprint density at radius 3 is 1.70 bits per heavy atom. The van der Waals surface area contributed by atoms with Gasteiger partial charge in [-0.3, -0.25) is 4.79 Å². The number of hydrogen-bond donors (Lipinski definition) is 0. The molecule has 0 heterocycles. The molecule has 0 saturated heterocycles. The molecule has 6 nitrogen and oxygen atoms in total. The van der Waals surface area contributed by atoms with Crippen LogP contribution >= 0.6 is 0 Å². The Kier molecular flexibility index (Phi) is 22.5. The number of ether oxygens (including phenoxy) is 3. The maximum absolute atomic E-state index is 12.1. The number of allylic oxidation sites excluding steroid dienone is 4. The molecular formula is C31H52O6. The molecule has 0 aliphatic rings. The molecule has 37 heavy (non-hydrogen) atoms. The molecule has 0 aromatic rings. The Balaban J connectivity index is 4.05. The van der Waals surface area contributed by atoms with Gasteiger partial charge >= 0.3 is 17.9 Å². The highest BCUT2D eigenvalue weighted by Crippen LogP contribution is 2.11. The average molecular weight is 521 g/mol. The van der Waals surface area contributed by atoms with Gasteiger partial charge in [-0.05, 0) is 59.8 Å². The van der Waals surface area contributed by atoms with Crippen molar-refractivity contribution in [3.63, 3.8) is 0 Å². The minimum absolute atomic E-state index is 0.144. The van der Waals surface area contributed by atoms with E-state index in [0.717, 1.165) is 32.1 Å². The third-order valence-corrected chi connectivity index (χ3v) is 6.26. The summed E-state index contributed by atoms with van der Waals surface area (Å²) >= 11 is 0. The highest BCUT2D eigenvalue weighted by atomic mass is 16.6. The summed E-state index contributed by atoms with van der Waals surface area (Å²) in [5.74, 6) is -1.36. The third-order valence-electron chi connectivity index (χ3n) is 6.26. The van der Waals surface area contributed by atoms with Crippen LogP contribution in [-0.2, 0) is 28.6 Å². The number of esters is 3. The van der Waals surface area contributed by atoms with Gasteiger partial charge in [-0.25, -0.2) is 9.59 Å². The summed E-state index contributed by atoms with van der Waals surface area (Å²) in [7, 11) is 0. The fraction of sp³-hybridized carbons (Fsp3) is 0.710. The first-order valence-electron chi connectivity index (χ1n) is 14.3. The zero-order valence-electron chi connectivity index (χ0n) is 24.1. The van der Waals surface area contributed by atoms with Crippen LogP contribution in [0, 0.1) is 0 Å². The van der Waals surface area contributed by atoms with Gasteiger partial charge in [-0.2, -0.15) is 0 Å². The van der Waals surface area contributed by atoms with E-state index in [1.807, 2.05) is 0 Å². The molecular weight excluding hydrogens is 468 g/mol. The van der Waals surface area contributed by atoms with Crippen LogP contribution in [0.2, 0.25) is 0 Å². The lowest BCUT2D eigenvalue weighted by molar-refractivity contribution is -0.163. The smallest absolute Gasteiger partial charge is 0.333 e. The van der Waals surface area contributed by atoms with Crippen molar-refractivity contribution in [2.45, 2.75) is 131 Å². The topological polar surface area (TPSA) is 78.9 Å². The number of unbranched alkanes of at least 4 members (excludes halogenated alkanes) is 11. The molecule has 0 aromatic heterocycles. The highest BCUT2D eigenvalue weighted by molar-refractivity contribution is 5.88. The molecule has 0 aliphatic heterocycles. The second-order valence-corrected chi connectivity index (χ2v) is 9.59. The van der Waals surface area contributed by atoms with Crippen LogP contribution in [0.4, 0.5) is 0 Å². The Hall–Kier alpha value is -2.37. The summed E-state index contributed by atoms with van der Waals surface area (Å²) in [5.41, 5.74) is 0.886. The zero-order chi connectivity index (χ0) is 27.7. The molecule has 0 rings (SSSR count). The van der Waals surface area contributed by atoms with Gasteiger partial charge in [-0.15, -0.1) is 0 Å². The summed E-state index contributed by atoms with van der Waals surface area (Å²) < 4.78 is 15.9. The van der Waals surface area contributed by atoms with Gasteiger partial charge in [0.05, 0.1) is 0 Å². The Labute approximate surface area is 225 Å². The molecule has 0 aromatic carbocycles. The lowest BCUT2D eigenvalue weighted by atomic mass is 10.1. The van der Waals surface area contributed by atoms with Crippen LogP contribution in [0.25, 0.3) is 0 Å². The first-order valence-corrected chi connectivity index (χ1v) is 14.3. The fourth-order valence-electron chi connectivity index (χ4n) is 3.48. The van der Waals surface area contributed by atoms with Gasteiger partial charge in [0.1, 0.15) is 13.2 Å². The van der Waals surface area contributed by atoms with E-state index in [9.17, 15) is 14.4 Å². The predicted octanol–water partition coefficient (Wildman–Crippen LogP) is 7.95. The standard InChI is InChI=1S/C31H52O6/c1-6-9-10-11-12-13-14-15-16-17-18-19-20-21-22-23-29(32)35-24-28(37-31(34)27(5)8-3)25-36-30(33)26(4)7-2/h7-8,15-16,28H,6,9-14,17-25H2,1-5H3/b16-15-,26-7+,27-8+/t28-/m0/s1. The van der Waals surface area contributed by atoms with Crippen molar-refractivity contribution in [2.75, 3.05) is 13.2 Å². The van der Waals surface area contributed by atoms with Gasteiger partial charge in [0.25, 0.3) is 0 Å². The molecule has 0 bridgehead atoms. The monoisotopic (exact) mass is 520 g/mol. The number of carbonyl (C=O) groups excluding carboxylic acids is 3. The van der Waals surface area contributed by atoms with Crippen molar-refractivity contribution in [2.24, 2.45) is 0 Å². The number of carbonyl (C=O) groups is 3. The maximum atomic E-state index is 12.1. The molecule has 0 N–H and O–H groups in total. The van der Waals surface area contributed by atoms with E-state index in [-0.39, 0.29) is 19.2 Å². The highest BCUT2D eigenvalue weighted by Gasteiger charge is 2.20. The molecule has 0 aliphatic carbocycles. The van der Waals surface area contributed by atoms with Gasteiger partial charge in [0.15, 0.2) is 6.10 Å². The fourth-order valence-corrected chi connectivity index (χ4v) is 3.48. The van der Waals surface area contributed by atoms with E-state index in [1.54, 1.807) is 39.8 Å². The largest absolute Gasteiger partial charge is 0.462 e. The first kappa shape index (κ1) is 34.6.